The van der Waals surface area contributed by atoms with Gasteiger partial charge >= 0.3 is 5.97 Å². The Morgan fingerprint density at radius 2 is 1.84 bits per heavy atom. The summed E-state index contributed by atoms with van der Waals surface area (Å²) < 4.78 is 0. The smallest absolute Gasteiger partial charge is 0.306 e. The highest BCUT2D eigenvalue weighted by molar-refractivity contribution is 5.86. The van der Waals surface area contributed by atoms with E-state index in [1.54, 1.807) is 7.05 Å². The van der Waals surface area contributed by atoms with Gasteiger partial charge in [-0.3, -0.25) is 14.4 Å². The van der Waals surface area contributed by atoms with Gasteiger partial charge in [0.15, 0.2) is 0 Å². The molecule has 6 heteroatoms. The molecule has 0 aromatic rings. The second kappa shape index (κ2) is 6.54. The summed E-state index contributed by atoms with van der Waals surface area (Å²) in [5, 5.41) is 11.6. The molecule has 0 aromatic heterocycles. The zero-order valence-corrected chi connectivity index (χ0v) is 11.7. The molecule has 0 radical (unpaired) electrons. The summed E-state index contributed by atoms with van der Waals surface area (Å²) in [5.74, 6) is -1.86. The molecule has 1 fully saturated rings. The van der Waals surface area contributed by atoms with Gasteiger partial charge in [0.25, 0.3) is 0 Å². The molecule has 2 unspecified atom stereocenters. The van der Waals surface area contributed by atoms with Gasteiger partial charge in [0, 0.05) is 19.0 Å². The molecule has 0 aromatic carbocycles. The molecule has 1 saturated carbocycles. The lowest BCUT2D eigenvalue weighted by atomic mass is 10.0. The van der Waals surface area contributed by atoms with Crippen molar-refractivity contribution in [1.29, 1.82) is 0 Å². The van der Waals surface area contributed by atoms with E-state index in [0.717, 1.165) is 0 Å². The number of carbonyl (C=O) groups excluding carboxylic acids is 2. The molecule has 1 aliphatic rings. The first-order valence-electron chi connectivity index (χ1n) is 6.58. The summed E-state index contributed by atoms with van der Waals surface area (Å²) in [5.41, 5.74) is 0. The van der Waals surface area contributed by atoms with E-state index in [1.165, 1.54) is 4.90 Å². The lowest BCUT2D eigenvalue weighted by Gasteiger charge is -2.21. The molecule has 0 heterocycles. The van der Waals surface area contributed by atoms with Gasteiger partial charge < -0.3 is 15.3 Å². The lowest BCUT2D eigenvalue weighted by Crippen LogP contribution is -2.42. The highest BCUT2D eigenvalue weighted by atomic mass is 16.4. The summed E-state index contributed by atoms with van der Waals surface area (Å²) >= 11 is 0. The van der Waals surface area contributed by atoms with Crippen LogP contribution in [0.3, 0.4) is 0 Å². The number of carboxylic acids is 1. The van der Waals surface area contributed by atoms with E-state index >= 15 is 0 Å². The first-order valence-corrected chi connectivity index (χ1v) is 6.58. The monoisotopic (exact) mass is 270 g/mol. The number of carbonyl (C=O) groups is 3. The van der Waals surface area contributed by atoms with Crippen LogP contribution in [-0.2, 0) is 14.4 Å². The maximum atomic E-state index is 12.1. The molecule has 0 saturated heterocycles. The highest BCUT2D eigenvalue weighted by Gasteiger charge is 2.35. The molecule has 0 aliphatic heterocycles. The third-order valence-corrected chi connectivity index (χ3v) is 3.34. The minimum Gasteiger partial charge on any atom is -0.481 e. The van der Waals surface area contributed by atoms with Crippen molar-refractivity contribution in [1.82, 2.24) is 10.2 Å². The van der Waals surface area contributed by atoms with E-state index in [4.69, 9.17) is 5.11 Å². The summed E-state index contributed by atoms with van der Waals surface area (Å²) in [4.78, 5) is 35.9. The van der Waals surface area contributed by atoms with Crippen molar-refractivity contribution in [3.05, 3.63) is 0 Å². The van der Waals surface area contributed by atoms with E-state index in [2.05, 4.69) is 5.32 Å². The predicted molar refractivity (Wildman–Crippen MR) is 69.4 cm³/mol. The van der Waals surface area contributed by atoms with Gasteiger partial charge in [-0.1, -0.05) is 0 Å². The minimum absolute atomic E-state index is 0.0191. The molecule has 108 valence electrons. The van der Waals surface area contributed by atoms with Crippen molar-refractivity contribution >= 4 is 17.8 Å². The lowest BCUT2D eigenvalue weighted by molar-refractivity contribution is -0.142. The highest BCUT2D eigenvalue weighted by Crippen LogP contribution is 2.32. The van der Waals surface area contributed by atoms with E-state index in [1.807, 2.05) is 13.8 Å². The first-order chi connectivity index (χ1) is 8.81. The average molecular weight is 270 g/mol. The second-order valence-corrected chi connectivity index (χ2v) is 5.46. The van der Waals surface area contributed by atoms with Gasteiger partial charge in [-0.2, -0.15) is 0 Å². The summed E-state index contributed by atoms with van der Waals surface area (Å²) in [6, 6.07) is 0.0406. The molecule has 2 N–H and O–H groups in total. The molecule has 1 rings (SSSR count). The minimum atomic E-state index is -0.837. The van der Waals surface area contributed by atoms with Crippen LogP contribution in [0, 0.1) is 11.8 Å². The number of hydrogen-bond acceptors (Lipinski definition) is 3. The summed E-state index contributed by atoms with van der Waals surface area (Å²) in [6.45, 7) is 3.73. The first kappa shape index (κ1) is 15.5. The Hall–Kier alpha value is -1.59. The SMILES string of the molecule is CC(C)NC(=O)CN(C)C(=O)C1CCC(C(=O)O)C1. The molecule has 19 heavy (non-hydrogen) atoms. The van der Waals surface area contributed by atoms with E-state index in [9.17, 15) is 14.4 Å². The number of likely N-dealkylation sites (N-methyl/N-ethyl adjacent to an activating group) is 1. The van der Waals surface area contributed by atoms with Gasteiger partial charge in [0.05, 0.1) is 12.5 Å². The van der Waals surface area contributed by atoms with Gasteiger partial charge in [0.1, 0.15) is 0 Å². The van der Waals surface area contributed by atoms with Crippen LogP contribution in [0.25, 0.3) is 0 Å². The zero-order chi connectivity index (χ0) is 14.6. The number of rotatable bonds is 5. The van der Waals surface area contributed by atoms with E-state index in [-0.39, 0.29) is 30.3 Å². The van der Waals surface area contributed by atoms with Crippen LogP contribution < -0.4 is 5.32 Å². The van der Waals surface area contributed by atoms with Gasteiger partial charge in [-0.15, -0.1) is 0 Å². The fourth-order valence-electron chi connectivity index (χ4n) is 2.40. The van der Waals surface area contributed by atoms with Crippen molar-refractivity contribution in [2.24, 2.45) is 11.8 Å². The second-order valence-electron chi connectivity index (χ2n) is 5.46. The van der Waals surface area contributed by atoms with Gasteiger partial charge in [0.2, 0.25) is 11.8 Å². The molecular formula is C13H22N2O4. The van der Waals surface area contributed by atoms with Crippen LogP contribution in [0.1, 0.15) is 33.1 Å². The van der Waals surface area contributed by atoms with E-state index < -0.39 is 11.9 Å². The van der Waals surface area contributed by atoms with Crippen LogP contribution >= 0.6 is 0 Å². The maximum absolute atomic E-state index is 12.1. The topological polar surface area (TPSA) is 86.7 Å². The number of nitrogens with one attached hydrogen (secondary N) is 1. The normalized spacial score (nSPS) is 22.3. The van der Waals surface area contributed by atoms with Crippen molar-refractivity contribution in [2.75, 3.05) is 13.6 Å². The molecule has 0 bridgehead atoms. The average Bonchev–Trinajstić information content (AvgIpc) is 2.75. The fraction of sp³-hybridized carbons (Fsp3) is 0.769. The molecule has 0 spiro atoms. The fourth-order valence-corrected chi connectivity index (χ4v) is 2.40. The van der Waals surface area contributed by atoms with Crippen LogP contribution in [0.4, 0.5) is 0 Å². The number of hydrogen-bond donors (Lipinski definition) is 2. The number of carboxylic acid groups (broad SMARTS) is 1. The van der Waals surface area contributed by atoms with Crippen LogP contribution in [0.2, 0.25) is 0 Å². The summed E-state index contributed by atoms with van der Waals surface area (Å²) in [7, 11) is 1.58. The standard InChI is InChI=1S/C13H22N2O4/c1-8(2)14-11(16)7-15(3)12(17)9-4-5-10(6-9)13(18)19/h8-10H,4-7H2,1-3H3,(H,14,16)(H,18,19). The van der Waals surface area contributed by atoms with E-state index in [0.29, 0.717) is 19.3 Å². The van der Waals surface area contributed by atoms with Crippen LogP contribution in [0.5, 0.6) is 0 Å². The van der Waals surface area contributed by atoms with Gasteiger partial charge in [-0.05, 0) is 33.1 Å². The Labute approximate surface area is 113 Å². The van der Waals surface area contributed by atoms with Crippen molar-refractivity contribution < 1.29 is 19.5 Å². The van der Waals surface area contributed by atoms with Crippen molar-refractivity contribution in [3.63, 3.8) is 0 Å². The molecular weight excluding hydrogens is 248 g/mol. The third kappa shape index (κ3) is 4.54. The summed E-state index contributed by atoms with van der Waals surface area (Å²) in [6.07, 6.45) is 1.51. The van der Waals surface area contributed by atoms with Crippen molar-refractivity contribution in [3.8, 4) is 0 Å². The molecule has 2 amide bonds. The zero-order valence-electron chi connectivity index (χ0n) is 11.7. The Morgan fingerprint density at radius 3 is 2.32 bits per heavy atom. The molecule has 1 aliphatic carbocycles. The Bertz CT molecular complexity index is 368. The largest absolute Gasteiger partial charge is 0.481 e. The van der Waals surface area contributed by atoms with Crippen LogP contribution in [0.15, 0.2) is 0 Å². The molecule has 2 atom stereocenters. The Morgan fingerprint density at radius 1 is 1.26 bits per heavy atom. The molecule has 6 nitrogen and oxygen atoms in total. The Balaban J connectivity index is 2.45. The number of amides is 2. The van der Waals surface area contributed by atoms with Crippen LogP contribution in [-0.4, -0.2) is 47.4 Å². The quantitative estimate of drug-likeness (QED) is 0.760. The maximum Gasteiger partial charge on any atom is 0.306 e. The number of aliphatic carboxylic acids is 1. The van der Waals surface area contributed by atoms with Gasteiger partial charge in [-0.25, -0.2) is 0 Å². The Kier molecular flexibility index (Phi) is 5.32. The predicted octanol–water partition coefficient (Wildman–Crippen LogP) is 0.470. The van der Waals surface area contributed by atoms with Crippen molar-refractivity contribution in [2.45, 2.75) is 39.2 Å². The number of nitrogens with zero attached hydrogens (tertiary/aromatic N) is 1. The third-order valence-electron chi connectivity index (χ3n) is 3.34.